The Balaban J connectivity index is 3.37. The first-order valence-corrected chi connectivity index (χ1v) is 4.41. The molecular weight excluding hydrogens is 229 g/mol. The largest absolute Gasteiger partial charge is 0.299 e. The second-order valence-corrected chi connectivity index (χ2v) is 3.36. The summed E-state index contributed by atoms with van der Waals surface area (Å²) in [7, 11) is 0. The zero-order valence-corrected chi connectivity index (χ0v) is 8.32. The molecule has 2 nitrogen and oxygen atoms in total. The fraction of sp³-hybridized carbons (Fsp3) is 0.286. The Morgan fingerprint density at radius 1 is 1.64 bits per heavy atom. The van der Waals surface area contributed by atoms with Crippen LogP contribution >= 0.6 is 27.5 Å². The summed E-state index contributed by atoms with van der Waals surface area (Å²) in [5.41, 5.74) is 0.784. The molecule has 0 amide bonds. The molecule has 0 aliphatic heterocycles. The van der Waals surface area contributed by atoms with E-state index in [2.05, 4.69) is 15.9 Å². The van der Waals surface area contributed by atoms with Crippen molar-refractivity contribution in [1.82, 2.24) is 4.57 Å². The quantitative estimate of drug-likeness (QED) is 0.685. The van der Waals surface area contributed by atoms with Crippen molar-refractivity contribution in [1.29, 1.82) is 0 Å². The highest BCUT2D eigenvalue weighted by Gasteiger charge is 1.98. The Morgan fingerprint density at radius 3 is 2.73 bits per heavy atom. The highest BCUT2D eigenvalue weighted by Crippen LogP contribution is 2.08. The number of hydrogen-bond donors (Lipinski definition) is 0. The monoisotopic (exact) mass is 235 g/mol. The van der Waals surface area contributed by atoms with E-state index in [1.54, 1.807) is 0 Å². The molecule has 60 valence electrons. The summed E-state index contributed by atoms with van der Waals surface area (Å²) < 4.78 is 2.29. The van der Waals surface area contributed by atoms with E-state index in [0.717, 1.165) is 10.2 Å². The molecule has 0 aliphatic rings. The summed E-state index contributed by atoms with van der Waals surface area (Å²) in [6, 6.07) is 3.55. The number of hydrogen-bond acceptors (Lipinski definition) is 1. The highest BCUT2D eigenvalue weighted by atomic mass is 79.9. The molecule has 0 radical (unpaired) electrons. The van der Waals surface area contributed by atoms with Crippen LogP contribution in [0, 0.1) is 6.92 Å². The molecule has 1 aromatic rings. The summed E-state index contributed by atoms with van der Waals surface area (Å²) in [5, 5.41) is 0. The van der Waals surface area contributed by atoms with Gasteiger partial charge in [-0.3, -0.25) is 9.36 Å². The summed E-state index contributed by atoms with van der Waals surface area (Å²) in [6.07, 6.45) is 0. The summed E-state index contributed by atoms with van der Waals surface area (Å²) >= 11 is 8.76. The number of alkyl halides is 1. The smallest absolute Gasteiger partial charge is 0.252 e. The van der Waals surface area contributed by atoms with Crippen molar-refractivity contribution in [3.63, 3.8) is 0 Å². The van der Waals surface area contributed by atoms with E-state index in [1.807, 2.05) is 13.0 Å². The van der Waals surface area contributed by atoms with Gasteiger partial charge in [0.25, 0.3) is 5.56 Å². The van der Waals surface area contributed by atoms with Crippen molar-refractivity contribution in [3.8, 4) is 0 Å². The molecule has 0 N–H and O–H groups in total. The maximum Gasteiger partial charge on any atom is 0.252 e. The Labute approximate surface area is 77.9 Å². The molecule has 1 heterocycles. The second-order valence-electron chi connectivity index (χ2n) is 2.20. The first-order valence-electron chi connectivity index (χ1n) is 3.08. The van der Waals surface area contributed by atoms with Crippen molar-refractivity contribution in [2.45, 2.75) is 12.9 Å². The number of aryl methyl sites for hydroxylation is 1. The lowest BCUT2D eigenvalue weighted by molar-refractivity contribution is 0.791. The van der Waals surface area contributed by atoms with Crippen LogP contribution in [0.2, 0.25) is 0 Å². The van der Waals surface area contributed by atoms with E-state index in [9.17, 15) is 4.79 Å². The van der Waals surface area contributed by atoms with Crippen LogP contribution in [-0.4, -0.2) is 4.57 Å². The molecule has 4 heteroatoms. The molecule has 0 saturated carbocycles. The summed E-state index contributed by atoms with van der Waals surface area (Å²) in [4.78, 5) is 11.1. The van der Waals surface area contributed by atoms with Crippen molar-refractivity contribution in [2.75, 3.05) is 0 Å². The lowest BCUT2D eigenvalue weighted by Crippen LogP contribution is -2.19. The van der Waals surface area contributed by atoms with Crippen molar-refractivity contribution >= 4 is 27.5 Å². The second kappa shape index (κ2) is 3.41. The van der Waals surface area contributed by atoms with Crippen LogP contribution in [-0.2, 0) is 6.00 Å². The molecule has 1 aromatic heterocycles. The van der Waals surface area contributed by atoms with Gasteiger partial charge in [-0.25, -0.2) is 0 Å². The van der Waals surface area contributed by atoms with Gasteiger partial charge in [0, 0.05) is 16.2 Å². The van der Waals surface area contributed by atoms with Gasteiger partial charge in [0.1, 0.15) is 6.00 Å². The fourth-order valence-corrected chi connectivity index (χ4v) is 1.68. The Kier molecular flexibility index (Phi) is 2.73. The van der Waals surface area contributed by atoms with Crippen LogP contribution in [0.25, 0.3) is 0 Å². The topological polar surface area (TPSA) is 22.0 Å². The summed E-state index contributed by atoms with van der Waals surface area (Å²) in [6.45, 7) is 1.84. The van der Waals surface area contributed by atoms with E-state index in [4.69, 9.17) is 11.6 Å². The van der Waals surface area contributed by atoms with Crippen LogP contribution in [0.1, 0.15) is 5.69 Å². The maximum atomic E-state index is 11.1. The van der Waals surface area contributed by atoms with E-state index >= 15 is 0 Å². The van der Waals surface area contributed by atoms with Crippen LogP contribution in [0.15, 0.2) is 21.4 Å². The standard InChI is InChI=1S/C7H7BrClNO/c1-5-2-6(8)3-7(11)10(5)4-9/h2-3H,4H2,1H3. The third kappa shape index (κ3) is 1.84. The molecule has 0 atom stereocenters. The lowest BCUT2D eigenvalue weighted by Gasteiger charge is -2.04. The van der Waals surface area contributed by atoms with Gasteiger partial charge in [-0.2, -0.15) is 0 Å². The minimum absolute atomic E-state index is 0.0770. The van der Waals surface area contributed by atoms with E-state index in [-0.39, 0.29) is 11.6 Å². The molecule has 0 bridgehead atoms. The van der Waals surface area contributed by atoms with Gasteiger partial charge in [0.15, 0.2) is 0 Å². The lowest BCUT2D eigenvalue weighted by atomic mass is 10.4. The Hall–Kier alpha value is -0.280. The number of aromatic nitrogens is 1. The SMILES string of the molecule is Cc1cc(Br)cc(=O)n1CCl. The molecular formula is C7H7BrClNO. The molecule has 0 saturated heterocycles. The molecule has 0 spiro atoms. The first kappa shape index (κ1) is 8.81. The van der Waals surface area contributed by atoms with Crippen LogP contribution < -0.4 is 5.56 Å². The molecule has 0 fully saturated rings. The number of pyridine rings is 1. The van der Waals surface area contributed by atoms with Gasteiger partial charge in [-0.1, -0.05) is 15.9 Å². The minimum atomic E-state index is -0.0770. The van der Waals surface area contributed by atoms with Gasteiger partial charge >= 0.3 is 0 Å². The molecule has 11 heavy (non-hydrogen) atoms. The maximum absolute atomic E-state index is 11.1. The van der Waals surface area contributed by atoms with Gasteiger partial charge in [0.2, 0.25) is 0 Å². The van der Waals surface area contributed by atoms with Crippen LogP contribution in [0.3, 0.4) is 0 Å². The number of halogens is 2. The average Bonchev–Trinajstić information content (AvgIpc) is 1.85. The van der Waals surface area contributed by atoms with Gasteiger partial charge < -0.3 is 0 Å². The van der Waals surface area contributed by atoms with Crippen LogP contribution in [0.5, 0.6) is 0 Å². The molecule has 1 rings (SSSR count). The normalized spacial score (nSPS) is 10.1. The zero-order chi connectivity index (χ0) is 8.43. The van der Waals surface area contributed by atoms with Crippen molar-refractivity contribution < 1.29 is 0 Å². The third-order valence-electron chi connectivity index (χ3n) is 1.42. The molecule has 0 unspecified atom stereocenters. The average molecular weight is 236 g/mol. The Morgan fingerprint density at radius 2 is 2.27 bits per heavy atom. The van der Waals surface area contributed by atoms with Gasteiger partial charge in [-0.15, -0.1) is 11.6 Å². The van der Waals surface area contributed by atoms with E-state index in [0.29, 0.717) is 0 Å². The zero-order valence-electron chi connectivity index (χ0n) is 5.97. The molecule has 0 aromatic carbocycles. The van der Waals surface area contributed by atoms with E-state index < -0.39 is 0 Å². The third-order valence-corrected chi connectivity index (χ3v) is 2.12. The number of nitrogens with zero attached hydrogens (tertiary/aromatic N) is 1. The molecule has 0 aliphatic carbocycles. The predicted molar refractivity (Wildman–Crippen MR) is 49.0 cm³/mol. The van der Waals surface area contributed by atoms with Gasteiger partial charge in [-0.05, 0) is 13.0 Å². The highest BCUT2D eigenvalue weighted by molar-refractivity contribution is 9.10. The van der Waals surface area contributed by atoms with Crippen molar-refractivity contribution in [3.05, 3.63) is 32.7 Å². The van der Waals surface area contributed by atoms with E-state index in [1.165, 1.54) is 10.6 Å². The first-order chi connectivity index (χ1) is 5.15. The minimum Gasteiger partial charge on any atom is -0.299 e. The number of rotatable bonds is 1. The van der Waals surface area contributed by atoms with Crippen molar-refractivity contribution in [2.24, 2.45) is 0 Å². The Bertz CT molecular complexity index is 321. The van der Waals surface area contributed by atoms with Crippen LogP contribution in [0.4, 0.5) is 0 Å². The predicted octanol–water partition coefficient (Wildman–Crippen LogP) is 2.12. The van der Waals surface area contributed by atoms with Gasteiger partial charge in [0.05, 0.1) is 0 Å². The summed E-state index contributed by atoms with van der Waals surface area (Å²) in [5.74, 6) is 0. The fourth-order valence-electron chi connectivity index (χ4n) is 0.842.